The molecule has 304 valence electrons. The van der Waals surface area contributed by atoms with Gasteiger partial charge >= 0.3 is 0 Å². The zero-order valence-corrected chi connectivity index (χ0v) is 32.7. The Morgan fingerprint density at radius 3 is 1.45 bits per heavy atom. The Morgan fingerprint density at radius 2 is 1.02 bits per heavy atom. The molecule has 0 aromatic carbocycles. The molecule has 0 aromatic heterocycles. The van der Waals surface area contributed by atoms with Gasteiger partial charge in [-0.1, -0.05) is 174 Å². The monoisotopic (exact) mass is 732 g/mol. The summed E-state index contributed by atoms with van der Waals surface area (Å²) in [6, 6.07) is -0.983. The van der Waals surface area contributed by atoms with Crippen molar-refractivity contribution in [3.63, 3.8) is 0 Å². The van der Waals surface area contributed by atoms with Gasteiger partial charge in [-0.05, 0) is 12.8 Å². The SMILES string of the molecule is CCCCCCCCCCCCCCCC(=O)N[C@@H](CO[C@@H]1O[C@H](CO)[C@@H](O)C(O)C1O)[C@H](O)[C@H](O)CCCCCCCCCCCCCCC. The van der Waals surface area contributed by atoms with Gasteiger partial charge in [0.1, 0.15) is 30.5 Å². The van der Waals surface area contributed by atoms with Crippen LogP contribution in [0.15, 0.2) is 0 Å². The Hall–Kier alpha value is -0.850. The fraction of sp³-hybridized carbons (Fsp3) is 0.976. The molecule has 1 amide bonds. The predicted octanol–water partition coefficient (Wildman–Crippen LogP) is 6.97. The van der Waals surface area contributed by atoms with Crippen molar-refractivity contribution in [3.05, 3.63) is 0 Å². The van der Waals surface area contributed by atoms with Crippen LogP contribution in [0.4, 0.5) is 0 Å². The Kier molecular flexibility index (Phi) is 30.8. The lowest BCUT2D eigenvalue weighted by Gasteiger charge is -2.40. The van der Waals surface area contributed by atoms with E-state index < -0.39 is 55.6 Å². The van der Waals surface area contributed by atoms with Gasteiger partial charge in [0, 0.05) is 6.42 Å². The Balaban J connectivity index is 2.44. The van der Waals surface area contributed by atoms with Crippen LogP contribution in [-0.4, -0.2) is 98.7 Å². The summed E-state index contributed by atoms with van der Waals surface area (Å²) in [7, 11) is 0. The standard InChI is InChI=1S/C41H81NO9/c1-3-5-7-9-11-13-15-17-19-21-23-25-27-29-34(44)37(46)33(32-50-41-40(49)39(48)38(47)35(31-43)51-41)42-36(45)30-28-26-24-22-20-18-16-14-12-10-8-6-4-2/h33-35,37-41,43-44,46-49H,3-32H2,1-2H3,(H,42,45)/t33-,34+,35+,37-,38+,39?,40?,41+/m0/s1. The van der Waals surface area contributed by atoms with E-state index in [1.165, 1.54) is 122 Å². The van der Waals surface area contributed by atoms with Crippen molar-refractivity contribution in [2.45, 2.75) is 243 Å². The van der Waals surface area contributed by atoms with Crippen molar-refractivity contribution in [1.29, 1.82) is 0 Å². The summed E-state index contributed by atoms with van der Waals surface area (Å²) in [6.07, 6.45) is 22.5. The summed E-state index contributed by atoms with van der Waals surface area (Å²) in [6.45, 7) is 3.59. The second-order valence-electron chi connectivity index (χ2n) is 15.3. The highest BCUT2D eigenvalue weighted by molar-refractivity contribution is 5.76. The number of carbonyl (C=O) groups excluding carboxylic acids is 1. The summed E-state index contributed by atoms with van der Waals surface area (Å²) >= 11 is 0. The van der Waals surface area contributed by atoms with Crippen LogP contribution in [0.2, 0.25) is 0 Å². The lowest BCUT2D eigenvalue weighted by molar-refractivity contribution is -0.303. The Labute approximate surface area is 311 Å². The lowest BCUT2D eigenvalue weighted by atomic mass is 9.98. The molecular formula is C41H81NO9. The summed E-state index contributed by atoms with van der Waals surface area (Å²) in [5.74, 6) is -0.257. The number of nitrogens with one attached hydrogen (secondary N) is 1. The van der Waals surface area contributed by atoms with Gasteiger partial charge in [0.2, 0.25) is 5.91 Å². The third-order valence-electron chi connectivity index (χ3n) is 10.6. The Bertz CT molecular complexity index is 788. The maximum atomic E-state index is 12.9. The predicted molar refractivity (Wildman–Crippen MR) is 204 cm³/mol. The van der Waals surface area contributed by atoms with E-state index in [0.29, 0.717) is 6.42 Å². The normalized spacial score (nSPS) is 22.5. The third kappa shape index (κ3) is 23.5. The molecule has 1 aliphatic heterocycles. The minimum Gasteiger partial charge on any atom is -0.394 e. The van der Waals surface area contributed by atoms with Gasteiger partial charge in [0.25, 0.3) is 0 Å². The molecule has 0 aromatic rings. The van der Waals surface area contributed by atoms with Gasteiger partial charge in [-0.3, -0.25) is 4.79 Å². The van der Waals surface area contributed by atoms with Gasteiger partial charge < -0.3 is 45.4 Å². The molecule has 0 saturated carbocycles. The van der Waals surface area contributed by atoms with E-state index in [0.717, 1.165) is 44.9 Å². The fourth-order valence-corrected chi connectivity index (χ4v) is 7.02. The second kappa shape index (κ2) is 32.6. The van der Waals surface area contributed by atoms with Crippen LogP contribution in [0.25, 0.3) is 0 Å². The minimum absolute atomic E-state index is 0.257. The molecule has 0 spiro atoms. The van der Waals surface area contributed by atoms with E-state index in [9.17, 15) is 35.4 Å². The summed E-state index contributed by atoms with van der Waals surface area (Å²) in [4.78, 5) is 12.9. The molecule has 10 nitrogen and oxygen atoms in total. The highest BCUT2D eigenvalue weighted by atomic mass is 16.7. The maximum absolute atomic E-state index is 12.9. The summed E-state index contributed by atoms with van der Waals surface area (Å²) in [5.41, 5.74) is 0. The first-order chi connectivity index (χ1) is 24.8. The number of ether oxygens (including phenoxy) is 2. The Morgan fingerprint density at radius 1 is 0.608 bits per heavy atom. The molecule has 0 radical (unpaired) electrons. The zero-order valence-electron chi connectivity index (χ0n) is 32.7. The largest absolute Gasteiger partial charge is 0.394 e. The molecular weight excluding hydrogens is 650 g/mol. The highest BCUT2D eigenvalue weighted by Gasteiger charge is 2.44. The molecule has 10 heteroatoms. The number of hydrogen-bond donors (Lipinski definition) is 7. The van der Waals surface area contributed by atoms with Crippen molar-refractivity contribution < 1.29 is 44.9 Å². The van der Waals surface area contributed by atoms with Crippen molar-refractivity contribution in [2.75, 3.05) is 13.2 Å². The quantitative estimate of drug-likeness (QED) is 0.0341. The number of carbonyl (C=O) groups is 1. The van der Waals surface area contributed by atoms with Gasteiger partial charge in [-0.15, -0.1) is 0 Å². The molecule has 51 heavy (non-hydrogen) atoms. The van der Waals surface area contributed by atoms with Crippen molar-refractivity contribution >= 4 is 5.91 Å². The number of hydrogen-bond acceptors (Lipinski definition) is 9. The highest BCUT2D eigenvalue weighted by Crippen LogP contribution is 2.23. The number of aliphatic hydroxyl groups excluding tert-OH is 6. The average Bonchev–Trinajstić information content (AvgIpc) is 3.13. The van der Waals surface area contributed by atoms with Crippen LogP contribution in [0, 0.1) is 0 Å². The van der Waals surface area contributed by atoms with E-state index in [4.69, 9.17) is 9.47 Å². The van der Waals surface area contributed by atoms with Crippen molar-refractivity contribution in [1.82, 2.24) is 5.32 Å². The number of amides is 1. The molecule has 1 heterocycles. The van der Waals surface area contributed by atoms with Crippen LogP contribution < -0.4 is 5.32 Å². The number of unbranched alkanes of at least 4 members (excludes halogenated alkanes) is 24. The molecule has 0 aliphatic carbocycles. The molecule has 1 fully saturated rings. The van der Waals surface area contributed by atoms with Crippen LogP contribution >= 0.6 is 0 Å². The maximum Gasteiger partial charge on any atom is 0.220 e. The molecule has 1 rings (SSSR count). The van der Waals surface area contributed by atoms with E-state index in [-0.39, 0.29) is 18.9 Å². The van der Waals surface area contributed by atoms with E-state index in [1.54, 1.807) is 0 Å². The zero-order chi connectivity index (χ0) is 37.5. The second-order valence-corrected chi connectivity index (χ2v) is 15.3. The van der Waals surface area contributed by atoms with E-state index >= 15 is 0 Å². The first-order valence-corrected chi connectivity index (χ1v) is 21.3. The summed E-state index contributed by atoms with van der Waals surface area (Å²) < 4.78 is 11.1. The summed E-state index contributed by atoms with van der Waals surface area (Å²) in [5, 5.41) is 65.0. The molecule has 7 N–H and O–H groups in total. The van der Waals surface area contributed by atoms with Gasteiger partial charge in [0.15, 0.2) is 6.29 Å². The van der Waals surface area contributed by atoms with Crippen LogP contribution in [0.1, 0.15) is 194 Å². The average molecular weight is 732 g/mol. The fourth-order valence-electron chi connectivity index (χ4n) is 7.02. The van der Waals surface area contributed by atoms with Gasteiger partial charge in [-0.25, -0.2) is 0 Å². The van der Waals surface area contributed by atoms with Crippen LogP contribution in [0.3, 0.4) is 0 Å². The molecule has 8 atom stereocenters. The minimum atomic E-state index is -1.60. The van der Waals surface area contributed by atoms with Crippen LogP contribution in [0.5, 0.6) is 0 Å². The topological polar surface area (TPSA) is 169 Å². The van der Waals surface area contributed by atoms with E-state index in [2.05, 4.69) is 19.2 Å². The molecule has 1 saturated heterocycles. The first-order valence-electron chi connectivity index (χ1n) is 21.3. The number of rotatable bonds is 35. The lowest BCUT2D eigenvalue weighted by Crippen LogP contribution is -2.60. The molecule has 2 unspecified atom stereocenters. The number of aliphatic hydroxyl groups is 6. The molecule has 1 aliphatic rings. The third-order valence-corrected chi connectivity index (χ3v) is 10.6. The molecule has 0 bridgehead atoms. The van der Waals surface area contributed by atoms with Crippen molar-refractivity contribution in [3.8, 4) is 0 Å². The smallest absolute Gasteiger partial charge is 0.220 e. The van der Waals surface area contributed by atoms with Crippen molar-refractivity contribution in [2.24, 2.45) is 0 Å². The van der Waals surface area contributed by atoms with E-state index in [1.807, 2.05) is 0 Å². The first kappa shape index (κ1) is 48.2. The van der Waals surface area contributed by atoms with Crippen LogP contribution in [-0.2, 0) is 14.3 Å². The van der Waals surface area contributed by atoms with Gasteiger partial charge in [-0.2, -0.15) is 0 Å². The van der Waals surface area contributed by atoms with Gasteiger partial charge in [0.05, 0.1) is 25.4 Å².